The molecule has 1 atom stereocenters. The van der Waals surface area contributed by atoms with Gasteiger partial charge in [-0.15, -0.1) is 0 Å². The second-order valence-electron chi connectivity index (χ2n) is 3.45. The molecule has 0 saturated heterocycles. The average Bonchev–Trinajstić information content (AvgIpc) is 2.78. The van der Waals surface area contributed by atoms with Gasteiger partial charge in [-0.3, -0.25) is 0 Å². The molecule has 0 fully saturated rings. The van der Waals surface area contributed by atoms with Crippen LogP contribution in [0.15, 0.2) is 41.0 Å². The summed E-state index contributed by atoms with van der Waals surface area (Å²) in [5, 5.41) is 10.9. The van der Waals surface area contributed by atoms with Crippen molar-refractivity contribution in [2.24, 2.45) is 0 Å². The van der Waals surface area contributed by atoms with Crippen LogP contribution in [0.25, 0.3) is 0 Å². The van der Waals surface area contributed by atoms with E-state index in [4.69, 9.17) is 27.6 Å². The lowest BCUT2D eigenvalue weighted by molar-refractivity contribution is 0.150. The van der Waals surface area contributed by atoms with Gasteiger partial charge in [0, 0.05) is 6.42 Å². The maximum atomic E-state index is 9.88. The van der Waals surface area contributed by atoms with Gasteiger partial charge in [0.2, 0.25) is 0 Å². The molecule has 84 valence electrons. The maximum absolute atomic E-state index is 9.88. The molecule has 1 aromatic heterocycles. The largest absolute Gasteiger partial charge is 0.467 e. The first-order chi connectivity index (χ1) is 7.68. The Labute approximate surface area is 103 Å². The van der Waals surface area contributed by atoms with E-state index in [2.05, 4.69) is 0 Å². The number of furan rings is 1. The van der Waals surface area contributed by atoms with Gasteiger partial charge in [0.25, 0.3) is 0 Å². The Hall–Kier alpha value is -0.960. The Morgan fingerprint density at radius 1 is 1.19 bits per heavy atom. The zero-order chi connectivity index (χ0) is 11.5. The molecular formula is C12H10Cl2O2. The van der Waals surface area contributed by atoms with E-state index in [0.717, 1.165) is 5.56 Å². The SMILES string of the molecule is OC(Cc1cccc(Cl)c1Cl)c1ccco1. The van der Waals surface area contributed by atoms with Crippen LogP contribution >= 0.6 is 23.2 Å². The lowest BCUT2D eigenvalue weighted by atomic mass is 10.1. The van der Waals surface area contributed by atoms with Crippen LogP contribution in [0.2, 0.25) is 10.0 Å². The minimum atomic E-state index is -0.703. The summed E-state index contributed by atoms with van der Waals surface area (Å²) >= 11 is 11.9. The van der Waals surface area contributed by atoms with Crippen LogP contribution in [-0.2, 0) is 6.42 Å². The van der Waals surface area contributed by atoms with Crippen molar-refractivity contribution in [2.75, 3.05) is 0 Å². The highest BCUT2D eigenvalue weighted by Crippen LogP contribution is 2.29. The second kappa shape index (κ2) is 4.91. The Morgan fingerprint density at radius 3 is 2.69 bits per heavy atom. The van der Waals surface area contributed by atoms with Gasteiger partial charge in [-0.25, -0.2) is 0 Å². The normalized spacial score (nSPS) is 12.7. The summed E-state index contributed by atoms with van der Waals surface area (Å²) < 4.78 is 5.11. The predicted molar refractivity (Wildman–Crippen MR) is 63.8 cm³/mol. The summed E-state index contributed by atoms with van der Waals surface area (Å²) in [5.41, 5.74) is 0.804. The average molecular weight is 257 g/mol. The van der Waals surface area contributed by atoms with Crippen molar-refractivity contribution >= 4 is 23.2 Å². The molecule has 2 aromatic rings. The summed E-state index contributed by atoms with van der Waals surface area (Å²) in [4.78, 5) is 0. The summed E-state index contributed by atoms with van der Waals surface area (Å²) in [6, 6.07) is 8.81. The number of halogens is 2. The standard InChI is InChI=1S/C12H10Cl2O2/c13-9-4-1-3-8(12(9)14)7-10(15)11-5-2-6-16-11/h1-6,10,15H,7H2. The van der Waals surface area contributed by atoms with Crippen LogP contribution in [0.1, 0.15) is 17.4 Å². The Morgan fingerprint density at radius 2 is 2.00 bits per heavy atom. The molecule has 1 N–H and O–H groups in total. The number of hydrogen-bond acceptors (Lipinski definition) is 2. The number of benzene rings is 1. The highest BCUT2D eigenvalue weighted by molar-refractivity contribution is 6.42. The molecule has 0 spiro atoms. The van der Waals surface area contributed by atoms with E-state index in [0.29, 0.717) is 22.2 Å². The topological polar surface area (TPSA) is 33.4 Å². The van der Waals surface area contributed by atoms with Gasteiger partial charge in [0.15, 0.2) is 0 Å². The fourth-order valence-electron chi connectivity index (χ4n) is 1.50. The van der Waals surface area contributed by atoms with Gasteiger partial charge in [-0.1, -0.05) is 35.3 Å². The molecule has 1 heterocycles. The molecule has 0 amide bonds. The van der Waals surface area contributed by atoms with Gasteiger partial charge in [-0.05, 0) is 23.8 Å². The molecule has 0 aliphatic carbocycles. The van der Waals surface area contributed by atoms with Crippen molar-refractivity contribution in [3.63, 3.8) is 0 Å². The van der Waals surface area contributed by atoms with Crippen molar-refractivity contribution in [1.29, 1.82) is 0 Å². The van der Waals surface area contributed by atoms with E-state index in [1.807, 2.05) is 6.07 Å². The Balaban J connectivity index is 2.18. The summed E-state index contributed by atoms with van der Waals surface area (Å²) in [5.74, 6) is 0.524. The van der Waals surface area contributed by atoms with Crippen molar-refractivity contribution in [2.45, 2.75) is 12.5 Å². The Bertz CT molecular complexity index is 466. The molecule has 2 nitrogen and oxygen atoms in total. The third kappa shape index (κ3) is 2.40. The fourth-order valence-corrected chi connectivity index (χ4v) is 1.89. The van der Waals surface area contributed by atoms with E-state index in [1.165, 1.54) is 6.26 Å². The first kappa shape index (κ1) is 11.5. The summed E-state index contributed by atoms with van der Waals surface area (Å²) in [6.45, 7) is 0. The van der Waals surface area contributed by atoms with E-state index in [-0.39, 0.29) is 0 Å². The third-order valence-corrected chi connectivity index (χ3v) is 3.17. The van der Waals surface area contributed by atoms with E-state index < -0.39 is 6.10 Å². The van der Waals surface area contributed by atoms with Crippen molar-refractivity contribution in [3.8, 4) is 0 Å². The number of aliphatic hydroxyl groups is 1. The molecule has 0 bridgehead atoms. The molecule has 1 aromatic carbocycles. The van der Waals surface area contributed by atoms with Crippen molar-refractivity contribution in [1.82, 2.24) is 0 Å². The molecule has 1 unspecified atom stereocenters. The zero-order valence-corrected chi connectivity index (χ0v) is 9.87. The van der Waals surface area contributed by atoms with Crippen LogP contribution in [0.3, 0.4) is 0 Å². The quantitative estimate of drug-likeness (QED) is 0.905. The smallest absolute Gasteiger partial charge is 0.132 e. The van der Waals surface area contributed by atoms with E-state index in [9.17, 15) is 5.11 Å². The molecule has 0 radical (unpaired) electrons. The second-order valence-corrected chi connectivity index (χ2v) is 4.23. The van der Waals surface area contributed by atoms with Gasteiger partial charge < -0.3 is 9.52 Å². The highest BCUT2D eigenvalue weighted by Gasteiger charge is 2.14. The first-order valence-electron chi connectivity index (χ1n) is 4.83. The molecule has 0 saturated carbocycles. The summed E-state index contributed by atoms with van der Waals surface area (Å²) in [7, 11) is 0. The van der Waals surface area contributed by atoms with E-state index >= 15 is 0 Å². The minimum Gasteiger partial charge on any atom is -0.467 e. The van der Waals surface area contributed by atoms with Crippen LogP contribution in [0.4, 0.5) is 0 Å². The fraction of sp³-hybridized carbons (Fsp3) is 0.167. The Kier molecular flexibility index (Phi) is 3.54. The maximum Gasteiger partial charge on any atom is 0.132 e. The monoisotopic (exact) mass is 256 g/mol. The van der Waals surface area contributed by atoms with Crippen LogP contribution in [-0.4, -0.2) is 5.11 Å². The van der Waals surface area contributed by atoms with Gasteiger partial charge in [0.1, 0.15) is 11.9 Å². The minimum absolute atomic E-state index is 0.382. The van der Waals surface area contributed by atoms with Gasteiger partial charge in [-0.2, -0.15) is 0 Å². The number of hydrogen-bond donors (Lipinski definition) is 1. The van der Waals surface area contributed by atoms with Crippen molar-refractivity contribution in [3.05, 3.63) is 58.0 Å². The predicted octanol–water partition coefficient (Wildman–Crippen LogP) is 3.86. The highest BCUT2D eigenvalue weighted by atomic mass is 35.5. The van der Waals surface area contributed by atoms with Gasteiger partial charge >= 0.3 is 0 Å². The molecular weight excluding hydrogens is 247 g/mol. The van der Waals surface area contributed by atoms with E-state index in [1.54, 1.807) is 24.3 Å². The molecule has 2 rings (SSSR count). The molecule has 4 heteroatoms. The lowest BCUT2D eigenvalue weighted by Crippen LogP contribution is -2.01. The molecule has 0 aliphatic rings. The summed E-state index contributed by atoms with van der Waals surface area (Å²) in [6.07, 6.45) is 1.20. The third-order valence-electron chi connectivity index (χ3n) is 2.32. The number of aliphatic hydroxyl groups excluding tert-OH is 1. The van der Waals surface area contributed by atoms with Gasteiger partial charge in [0.05, 0.1) is 16.3 Å². The van der Waals surface area contributed by atoms with Crippen molar-refractivity contribution < 1.29 is 9.52 Å². The number of rotatable bonds is 3. The first-order valence-corrected chi connectivity index (χ1v) is 5.58. The zero-order valence-electron chi connectivity index (χ0n) is 8.36. The lowest BCUT2D eigenvalue weighted by Gasteiger charge is -2.09. The van der Waals surface area contributed by atoms with Crippen LogP contribution in [0.5, 0.6) is 0 Å². The van der Waals surface area contributed by atoms with Crippen LogP contribution < -0.4 is 0 Å². The molecule has 0 aliphatic heterocycles. The van der Waals surface area contributed by atoms with Crippen LogP contribution in [0, 0.1) is 0 Å². The molecule has 16 heavy (non-hydrogen) atoms.